The zero-order chi connectivity index (χ0) is 24.3. The monoisotopic (exact) mass is 468 g/mol. The smallest absolute Gasteiger partial charge is 0.416 e. The van der Waals surface area contributed by atoms with Gasteiger partial charge in [0.1, 0.15) is 6.17 Å². The van der Waals surface area contributed by atoms with E-state index in [1.165, 1.54) is 17.7 Å². The van der Waals surface area contributed by atoms with Crippen molar-refractivity contribution in [3.05, 3.63) is 94.5 Å². The molecular formula is C27H27F3N2O2. The zero-order valence-electron chi connectivity index (χ0n) is 19.1. The number of hydrogen-bond donors (Lipinski definition) is 2. The number of aryl methyl sites for hydroxylation is 1. The molecule has 3 aromatic carbocycles. The predicted molar refractivity (Wildman–Crippen MR) is 126 cm³/mol. The zero-order valence-corrected chi connectivity index (χ0v) is 19.1. The van der Waals surface area contributed by atoms with Crippen LogP contribution in [0.2, 0.25) is 0 Å². The Balaban J connectivity index is 1.73. The number of aromatic hydroxyl groups is 1. The number of hydrogen-bond acceptors (Lipinski definition) is 4. The number of rotatable bonds is 6. The van der Waals surface area contributed by atoms with Crippen molar-refractivity contribution >= 4 is 5.71 Å². The number of phenolic OH excluding ortho intramolecular Hbond substituents is 1. The number of nitrogens with one attached hydrogen (secondary N) is 1. The summed E-state index contributed by atoms with van der Waals surface area (Å²) >= 11 is 0. The average Bonchev–Trinajstić information content (AvgIpc) is 2.85. The summed E-state index contributed by atoms with van der Waals surface area (Å²) in [6.07, 6.45) is -3.55. The molecule has 0 saturated heterocycles. The van der Waals surface area contributed by atoms with Crippen LogP contribution in [0.4, 0.5) is 13.2 Å². The number of para-hydroxylation sites is 1. The number of nitrogens with zero attached hydrogens (tertiary/aromatic N) is 1. The highest BCUT2D eigenvalue weighted by molar-refractivity contribution is 6.01. The quantitative estimate of drug-likeness (QED) is 0.429. The first-order valence-corrected chi connectivity index (χ1v) is 11.3. The van der Waals surface area contributed by atoms with Crippen LogP contribution < -0.4 is 10.1 Å². The van der Waals surface area contributed by atoms with Gasteiger partial charge in [-0.25, -0.2) is 0 Å². The van der Waals surface area contributed by atoms with Crippen molar-refractivity contribution in [2.24, 2.45) is 4.99 Å². The Hall–Kier alpha value is -3.32. The minimum atomic E-state index is -4.40. The van der Waals surface area contributed by atoms with E-state index >= 15 is 0 Å². The maximum absolute atomic E-state index is 13.1. The minimum Gasteiger partial charge on any atom is -0.504 e. The minimum absolute atomic E-state index is 0.0515. The summed E-state index contributed by atoms with van der Waals surface area (Å²) in [6.45, 7) is 4.35. The van der Waals surface area contributed by atoms with Gasteiger partial charge in [-0.2, -0.15) is 13.2 Å². The standard InChI is InChI=1S/C27H27F3N2O2/c1-3-17-8-10-18(11-9-17)22-16-23(21-6-5-7-24(25(21)33)34-4-2)32-26(31-22)19-12-14-20(15-13-19)27(28,29)30/h5-15,23,26,32-33H,3-4,16H2,1-2H3/t23-,26+/m0/s1. The second-order valence-corrected chi connectivity index (χ2v) is 8.20. The van der Waals surface area contributed by atoms with Crippen LogP contribution in [0.1, 0.15) is 60.3 Å². The van der Waals surface area contributed by atoms with E-state index in [-0.39, 0.29) is 11.8 Å². The summed E-state index contributed by atoms with van der Waals surface area (Å²) in [7, 11) is 0. The van der Waals surface area contributed by atoms with E-state index in [2.05, 4.69) is 24.4 Å². The van der Waals surface area contributed by atoms with Crippen LogP contribution in [0, 0.1) is 0 Å². The summed E-state index contributed by atoms with van der Waals surface area (Å²) in [5.41, 5.74) is 3.53. The summed E-state index contributed by atoms with van der Waals surface area (Å²) in [6, 6.07) is 18.2. The first-order chi connectivity index (χ1) is 16.3. The first kappa shape index (κ1) is 23.8. The van der Waals surface area contributed by atoms with Crippen LogP contribution in [0.25, 0.3) is 0 Å². The topological polar surface area (TPSA) is 53.8 Å². The van der Waals surface area contributed by atoms with Gasteiger partial charge in [-0.05, 0) is 48.2 Å². The Morgan fingerprint density at radius 3 is 2.32 bits per heavy atom. The molecule has 3 aromatic rings. The molecule has 178 valence electrons. The van der Waals surface area contributed by atoms with Crippen molar-refractivity contribution < 1.29 is 23.0 Å². The lowest BCUT2D eigenvalue weighted by Gasteiger charge is -2.31. The Morgan fingerprint density at radius 1 is 1.00 bits per heavy atom. The van der Waals surface area contributed by atoms with Gasteiger partial charge < -0.3 is 9.84 Å². The van der Waals surface area contributed by atoms with Crippen molar-refractivity contribution in [3.8, 4) is 11.5 Å². The molecule has 2 atom stereocenters. The van der Waals surface area contributed by atoms with Crippen molar-refractivity contribution in [2.45, 2.75) is 45.1 Å². The van der Waals surface area contributed by atoms with E-state index < -0.39 is 17.9 Å². The number of alkyl halides is 3. The number of benzene rings is 3. The lowest BCUT2D eigenvalue weighted by atomic mass is 9.92. The second-order valence-electron chi connectivity index (χ2n) is 8.20. The largest absolute Gasteiger partial charge is 0.504 e. The van der Waals surface area contributed by atoms with Crippen molar-refractivity contribution in [3.63, 3.8) is 0 Å². The van der Waals surface area contributed by atoms with Crippen LogP contribution in [0.15, 0.2) is 71.7 Å². The lowest BCUT2D eigenvalue weighted by Crippen LogP contribution is -2.33. The Morgan fingerprint density at radius 2 is 1.71 bits per heavy atom. The van der Waals surface area contributed by atoms with Crippen LogP contribution in [-0.2, 0) is 12.6 Å². The first-order valence-electron chi connectivity index (χ1n) is 11.3. The van der Waals surface area contributed by atoms with E-state index in [1.807, 2.05) is 31.2 Å². The molecule has 4 rings (SSSR count). The van der Waals surface area contributed by atoms with Gasteiger partial charge in [-0.15, -0.1) is 0 Å². The molecule has 34 heavy (non-hydrogen) atoms. The number of aliphatic imine (C=N–C) groups is 1. The second kappa shape index (κ2) is 9.89. The lowest BCUT2D eigenvalue weighted by molar-refractivity contribution is -0.137. The number of phenols is 1. The molecule has 1 heterocycles. The van der Waals surface area contributed by atoms with E-state index in [4.69, 9.17) is 9.73 Å². The summed E-state index contributed by atoms with van der Waals surface area (Å²) in [5.74, 6) is 0.444. The third-order valence-electron chi connectivity index (χ3n) is 6.00. The van der Waals surface area contributed by atoms with Gasteiger partial charge in [0, 0.05) is 23.7 Å². The highest BCUT2D eigenvalue weighted by atomic mass is 19.4. The van der Waals surface area contributed by atoms with Crippen LogP contribution >= 0.6 is 0 Å². The van der Waals surface area contributed by atoms with Crippen molar-refractivity contribution in [1.29, 1.82) is 0 Å². The van der Waals surface area contributed by atoms with Crippen LogP contribution in [0.3, 0.4) is 0 Å². The van der Waals surface area contributed by atoms with Crippen LogP contribution in [0.5, 0.6) is 11.5 Å². The Labute approximate surface area is 197 Å². The molecule has 0 aromatic heterocycles. The number of halogens is 3. The van der Waals surface area contributed by atoms with Crippen LogP contribution in [-0.4, -0.2) is 17.4 Å². The molecule has 0 saturated carbocycles. The molecule has 4 nitrogen and oxygen atoms in total. The van der Waals surface area contributed by atoms with E-state index in [0.29, 0.717) is 29.9 Å². The third kappa shape index (κ3) is 5.09. The predicted octanol–water partition coefficient (Wildman–Crippen LogP) is 6.59. The fourth-order valence-corrected chi connectivity index (χ4v) is 4.13. The van der Waals surface area contributed by atoms with Gasteiger partial charge >= 0.3 is 6.18 Å². The maximum atomic E-state index is 13.1. The SMILES string of the molecule is CCOc1cccc([C@@H]2CC(c3ccc(CC)cc3)=N[C@@H](c3ccc(C(F)(F)F)cc3)N2)c1O. The molecule has 0 fully saturated rings. The van der Waals surface area contributed by atoms with Gasteiger partial charge in [0.15, 0.2) is 11.5 Å². The molecular weight excluding hydrogens is 441 g/mol. The summed E-state index contributed by atoms with van der Waals surface area (Å²) in [5, 5.41) is 14.2. The Bertz CT molecular complexity index is 1160. The molecule has 7 heteroatoms. The van der Waals surface area contributed by atoms with Gasteiger partial charge in [0.25, 0.3) is 0 Å². The fraction of sp³-hybridized carbons (Fsp3) is 0.296. The normalized spacial score (nSPS) is 18.4. The molecule has 0 spiro atoms. The molecule has 2 N–H and O–H groups in total. The fourth-order valence-electron chi connectivity index (χ4n) is 4.13. The maximum Gasteiger partial charge on any atom is 0.416 e. The average molecular weight is 469 g/mol. The molecule has 0 aliphatic carbocycles. The highest BCUT2D eigenvalue weighted by Gasteiger charge is 2.32. The third-order valence-corrected chi connectivity index (χ3v) is 6.00. The Kier molecular flexibility index (Phi) is 6.93. The van der Waals surface area contributed by atoms with Crippen molar-refractivity contribution in [2.75, 3.05) is 6.61 Å². The highest BCUT2D eigenvalue weighted by Crippen LogP contribution is 2.39. The molecule has 0 unspecified atom stereocenters. The molecule has 0 bridgehead atoms. The van der Waals surface area contributed by atoms with Gasteiger partial charge in [-0.1, -0.05) is 55.5 Å². The summed E-state index contributed by atoms with van der Waals surface area (Å²) in [4.78, 5) is 4.85. The van der Waals surface area contributed by atoms with Crippen molar-refractivity contribution in [1.82, 2.24) is 5.32 Å². The van der Waals surface area contributed by atoms with Gasteiger partial charge in [-0.3, -0.25) is 10.3 Å². The van der Waals surface area contributed by atoms with E-state index in [0.717, 1.165) is 29.8 Å². The van der Waals surface area contributed by atoms with Gasteiger partial charge in [0.05, 0.1) is 12.2 Å². The molecule has 1 aliphatic rings. The van der Waals surface area contributed by atoms with E-state index in [1.54, 1.807) is 6.07 Å². The molecule has 0 radical (unpaired) electrons. The van der Waals surface area contributed by atoms with E-state index in [9.17, 15) is 18.3 Å². The van der Waals surface area contributed by atoms with Gasteiger partial charge in [0.2, 0.25) is 0 Å². The number of ether oxygens (including phenoxy) is 1. The summed E-state index contributed by atoms with van der Waals surface area (Å²) < 4.78 is 44.7. The molecule has 0 amide bonds. The molecule has 1 aliphatic heterocycles.